The molecule has 16 heavy (non-hydrogen) atoms. The molecular formula is C8H10N2O4S2. The predicted molar refractivity (Wildman–Crippen MR) is 62.8 cm³/mol. The van der Waals surface area contributed by atoms with Crippen LogP contribution in [0.5, 0.6) is 0 Å². The molecule has 0 atom stereocenters. The van der Waals surface area contributed by atoms with E-state index in [1.807, 2.05) is 0 Å². The van der Waals surface area contributed by atoms with Crippen LogP contribution < -0.4 is 0 Å². The average molecular weight is 262 g/mol. The normalized spacial score (nSPS) is 21.9. The molecule has 0 unspecified atom stereocenters. The topological polar surface area (TPSA) is 93.0 Å². The fourth-order valence-electron chi connectivity index (χ4n) is 0.976. The highest BCUT2D eigenvalue weighted by atomic mass is 32.2. The Labute approximate surface area is 94.2 Å². The van der Waals surface area contributed by atoms with Crippen LogP contribution in [0.3, 0.4) is 0 Å². The molecule has 0 radical (unpaired) electrons. The zero-order valence-corrected chi connectivity index (χ0v) is 10.3. The molecule has 6 nitrogen and oxygen atoms in total. The summed E-state index contributed by atoms with van der Waals surface area (Å²) in [4.78, 5) is 0. The molecule has 8 heteroatoms. The van der Waals surface area contributed by atoms with Crippen LogP contribution in [0.25, 0.3) is 0 Å². The van der Waals surface area contributed by atoms with E-state index in [1.54, 1.807) is 12.2 Å². The second kappa shape index (κ2) is 4.30. The molecule has 0 saturated carbocycles. The Morgan fingerprint density at radius 3 is 1.38 bits per heavy atom. The monoisotopic (exact) mass is 262 g/mol. The third-order valence-electron chi connectivity index (χ3n) is 1.41. The van der Waals surface area contributed by atoms with E-state index in [1.165, 1.54) is 12.2 Å². The molecule has 0 aromatic rings. The Hall–Kier alpha value is -1.28. The number of rotatable bonds is 2. The van der Waals surface area contributed by atoms with E-state index in [0.717, 1.165) is 12.5 Å². The van der Waals surface area contributed by atoms with Gasteiger partial charge >= 0.3 is 0 Å². The van der Waals surface area contributed by atoms with Crippen LogP contribution in [0.4, 0.5) is 0 Å². The van der Waals surface area contributed by atoms with E-state index in [0.29, 0.717) is 0 Å². The van der Waals surface area contributed by atoms with Crippen LogP contribution in [-0.2, 0) is 20.0 Å². The molecular weight excluding hydrogens is 252 g/mol. The van der Waals surface area contributed by atoms with E-state index in [4.69, 9.17) is 0 Å². The molecule has 88 valence electrons. The van der Waals surface area contributed by atoms with E-state index >= 15 is 0 Å². The van der Waals surface area contributed by atoms with E-state index in [2.05, 4.69) is 8.80 Å². The van der Waals surface area contributed by atoms with Crippen molar-refractivity contribution >= 4 is 31.5 Å². The van der Waals surface area contributed by atoms with Crippen molar-refractivity contribution in [1.29, 1.82) is 0 Å². The van der Waals surface area contributed by atoms with E-state index < -0.39 is 20.0 Å². The largest absolute Gasteiger partial charge is 0.250 e. The second-order valence-electron chi connectivity index (χ2n) is 3.14. The Balaban J connectivity index is 3.30. The molecule has 0 aromatic heterocycles. The van der Waals surface area contributed by atoms with Crippen LogP contribution >= 0.6 is 0 Å². The van der Waals surface area contributed by atoms with Crippen LogP contribution in [0.15, 0.2) is 33.1 Å². The van der Waals surface area contributed by atoms with Crippen molar-refractivity contribution in [1.82, 2.24) is 0 Å². The first-order valence-electron chi connectivity index (χ1n) is 4.12. The Bertz CT molecular complexity index is 550. The van der Waals surface area contributed by atoms with Crippen molar-refractivity contribution in [3.63, 3.8) is 0 Å². The van der Waals surface area contributed by atoms with Crippen LogP contribution in [0.2, 0.25) is 0 Å². The third-order valence-corrected chi connectivity index (χ3v) is 2.47. The minimum absolute atomic E-state index is 0.00965. The first kappa shape index (κ1) is 12.8. The van der Waals surface area contributed by atoms with Crippen molar-refractivity contribution in [3.8, 4) is 0 Å². The minimum Gasteiger partial charge on any atom is -0.205 e. The molecule has 1 rings (SSSR count). The lowest BCUT2D eigenvalue weighted by atomic mass is 10.1. The number of nitrogens with zero attached hydrogens (tertiary/aromatic N) is 2. The molecule has 1 aliphatic carbocycles. The van der Waals surface area contributed by atoms with Gasteiger partial charge in [-0.3, -0.25) is 0 Å². The molecule has 0 heterocycles. The highest BCUT2D eigenvalue weighted by Gasteiger charge is 2.11. The number of allylic oxidation sites excluding steroid dienone is 4. The summed E-state index contributed by atoms with van der Waals surface area (Å²) in [5.74, 6) is 0. The summed E-state index contributed by atoms with van der Waals surface area (Å²) in [5, 5.41) is 0. The summed E-state index contributed by atoms with van der Waals surface area (Å²) in [5.41, 5.74) is 0.0193. The molecule has 0 N–H and O–H groups in total. The lowest BCUT2D eigenvalue weighted by Gasteiger charge is -2.03. The van der Waals surface area contributed by atoms with Gasteiger partial charge < -0.3 is 0 Å². The number of hydrogen-bond acceptors (Lipinski definition) is 4. The molecule has 0 saturated heterocycles. The van der Waals surface area contributed by atoms with Gasteiger partial charge in [0, 0.05) is 0 Å². The lowest BCUT2D eigenvalue weighted by Crippen LogP contribution is -2.15. The quantitative estimate of drug-likeness (QED) is 0.650. The molecule has 0 aliphatic heterocycles. The predicted octanol–water partition coefficient (Wildman–Crippen LogP) is -0.0864. The number of sulfonamides is 2. The van der Waals surface area contributed by atoms with Gasteiger partial charge in [0.25, 0.3) is 20.0 Å². The van der Waals surface area contributed by atoms with Gasteiger partial charge in [0.05, 0.1) is 12.5 Å². The maximum absolute atomic E-state index is 11.0. The van der Waals surface area contributed by atoms with Gasteiger partial charge in [-0.1, -0.05) is 12.2 Å². The number of hydrogen-bond donors (Lipinski definition) is 0. The lowest BCUT2D eigenvalue weighted by molar-refractivity contribution is 0.601. The summed E-state index contributed by atoms with van der Waals surface area (Å²) in [6.45, 7) is 0. The molecule has 0 aromatic carbocycles. The summed E-state index contributed by atoms with van der Waals surface area (Å²) in [6, 6.07) is 0. The van der Waals surface area contributed by atoms with Gasteiger partial charge in [0.15, 0.2) is 0 Å². The minimum atomic E-state index is -3.59. The molecule has 0 spiro atoms. The van der Waals surface area contributed by atoms with Gasteiger partial charge in [-0.25, -0.2) is 16.8 Å². The Morgan fingerprint density at radius 2 is 1.12 bits per heavy atom. The third kappa shape index (κ3) is 4.49. The van der Waals surface area contributed by atoms with Crippen molar-refractivity contribution in [3.05, 3.63) is 24.3 Å². The molecule has 0 fully saturated rings. The maximum Gasteiger partial charge on any atom is 0.250 e. The first-order chi connectivity index (χ1) is 7.17. The van der Waals surface area contributed by atoms with Gasteiger partial charge in [0.1, 0.15) is 11.4 Å². The molecule has 0 amide bonds. The summed E-state index contributed by atoms with van der Waals surface area (Å²) >= 11 is 0. The smallest absolute Gasteiger partial charge is 0.205 e. The molecule has 0 bridgehead atoms. The summed E-state index contributed by atoms with van der Waals surface area (Å²) < 4.78 is 50.6. The first-order valence-corrected chi connectivity index (χ1v) is 7.82. The zero-order valence-electron chi connectivity index (χ0n) is 8.65. The SMILES string of the molecule is CS(=O)(=O)/N=C1/C=CC=C/C1=N\S(C)(=O)=O. The standard InChI is InChI=1S/C8H10N2O4S2/c1-15(11,12)9-7-5-3-4-6-8(7)10-16(2,13)14/h3-6H,1-2H3/b9-7-,10-8+. The highest BCUT2D eigenvalue weighted by molar-refractivity contribution is 7.90. The van der Waals surface area contributed by atoms with Gasteiger partial charge in [-0.05, 0) is 12.2 Å². The Kier molecular flexibility index (Phi) is 3.44. The van der Waals surface area contributed by atoms with Gasteiger partial charge in [-0.2, -0.15) is 8.80 Å². The summed E-state index contributed by atoms with van der Waals surface area (Å²) in [7, 11) is -7.17. The van der Waals surface area contributed by atoms with E-state index in [9.17, 15) is 16.8 Å². The highest BCUT2D eigenvalue weighted by Crippen LogP contribution is 2.03. The van der Waals surface area contributed by atoms with Gasteiger partial charge in [-0.15, -0.1) is 0 Å². The van der Waals surface area contributed by atoms with Crippen molar-refractivity contribution in [2.45, 2.75) is 0 Å². The van der Waals surface area contributed by atoms with Crippen molar-refractivity contribution < 1.29 is 16.8 Å². The van der Waals surface area contributed by atoms with Crippen molar-refractivity contribution in [2.75, 3.05) is 12.5 Å². The van der Waals surface area contributed by atoms with Crippen LogP contribution in [0.1, 0.15) is 0 Å². The Morgan fingerprint density at radius 1 is 0.812 bits per heavy atom. The van der Waals surface area contributed by atoms with Crippen molar-refractivity contribution in [2.24, 2.45) is 8.80 Å². The molecule has 1 aliphatic rings. The van der Waals surface area contributed by atoms with Gasteiger partial charge in [0.2, 0.25) is 0 Å². The van der Waals surface area contributed by atoms with Crippen LogP contribution in [-0.4, -0.2) is 40.8 Å². The maximum atomic E-state index is 11.0. The second-order valence-corrected chi connectivity index (χ2v) is 6.43. The summed E-state index contributed by atoms with van der Waals surface area (Å²) in [6.07, 6.45) is 7.70. The fourth-order valence-corrected chi connectivity index (χ4v) is 2.00. The van der Waals surface area contributed by atoms with E-state index in [-0.39, 0.29) is 11.4 Å². The zero-order chi connectivity index (χ0) is 12.4. The van der Waals surface area contributed by atoms with Crippen LogP contribution in [0, 0.1) is 0 Å². The fraction of sp³-hybridized carbons (Fsp3) is 0.250. The average Bonchev–Trinajstić information content (AvgIpc) is 2.03.